The Labute approximate surface area is 141 Å². The van der Waals surface area contributed by atoms with Gasteiger partial charge in [0.25, 0.3) is 0 Å². The minimum absolute atomic E-state index is 0.0709. The predicted molar refractivity (Wildman–Crippen MR) is 92.7 cm³/mol. The Morgan fingerprint density at radius 1 is 1.43 bits per heavy atom. The topological polar surface area (TPSA) is 71.8 Å². The van der Waals surface area contributed by atoms with Crippen molar-refractivity contribution in [3.8, 4) is 0 Å². The van der Waals surface area contributed by atoms with E-state index in [2.05, 4.69) is 41.5 Å². The fourth-order valence-corrected chi connectivity index (χ4v) is 2.83. The molecule has 7 heteroatoms. The SMILES string of the molecule is Cc1nn(C(C)(C)C)cc1[C@H](C)NC(=O)NCCc1cscn1. The highest BCUT2D eigenvalue weighted by Gasteiger charge is 2.20. The third kappa shape index (κ3) is 4.79. The van der Waals surface area contributed by atoms with Gasteiger partial charge in [0.2, 0.25) is 0 Å². The lowest BCUT2D eigenvalue weighted by atomic mass is 10.1. The van der Waals surface area contributed by atoms with Crippen molar-refractivity contribution in [3.05, 3.63) is 34.0 Å². The first-order valence-corrected chi connectivity index (χ1v) is 8.69. The first-order valence-electron chi connectivity index (χ1n) is 7.75. The second kappa shape index (κ2) is 7.12. The fourth-order valence-electron chi connectivity index (χ4n) is 2.23. The van der Waals surface area contributed by atoms with Crippen molar-refractivity contribution in [2.75, 3.05) is 6.54 Å². The summed E-state index contributed by atoms with van der Waals surface area (Å²) < 4.78 is 1.94. The molecule has 126 valence electrons. The van der Waals surface area contributed by atoms with Gasteiger partial charge in [0.05, 0.1) is 28.5 Å². The Morgan fingerprint density at radius 3 is 2.74 bits per heavy atom. The number of nitrogens with one attached hydrogen (secondary N) is 2. The minimum atomic E-state index is -0.171. The van der Waals surface area contributed by atoms with Crippen LogP contribution in [0.15, 0.2) is 17.1 Å². The van der Waals surface area contributed by atoms with Gasteiger partial charge in [-0.05, 0) is 34.6 Å². The Hall–Kier alpha value is -1.89. The van der Waals surface area contributed by atoms with Crippen LogP contribution in [0.2, 0.25) is 0 Å². The average molecular weight is 335 g/mol. The molecule has 0 aliphatic heterocycles. The highest BCUT2D eigenvalue weighted by Crippen LogP contribution is 2.20. The second-order valence-electron chi connectivity index (χ2n) is 6.64. The normalized spacial score (nSPS) is 12.9. The van der Waals surface area contributed by atoms with Gasteiger partial charge >= 0.3 is 6.03 Å². The zero-order valence-electron chi connectivity index (χ0n) is 14.4. The van der Waals surface area contributed by atoms with Crippen molar-refractivity contribution in [3.63, 3.8) is 0 Å². The van der Waals surface area contributed by atoms with Gasteiger partial charge < -0.3 is 10.6 Å². The number of urea groups is 1. The lowest BCUT2D eigenvalue weighted by molar-refractivity contribution is 0.238. The lowest BCUT2D eigenvalue weighted by Crippen LogP contribution is -2.38. The van der Waals surface area contributed by atoms with E-state index in [0.717, 1.165) is 23.4 Å². The molecule has 6 nitrogen and oxygen atoms in total. The van der Waals surface area contributed by atoms with Crippen molar-refractivity contribution >= 4 is 17.4 Å². The first-order chi connectivity index (χ1) is 10.8. The molecule has 0 unspecified atom stereocenters. The molecule has 0 aromatic carbocycles. The summed E-state index contributed by atoms with van der Waals surface area (Å²) in [5.74, 6) is 0. The van der Waals surface area contributed by atoms with Crippen LogP contribution in [0, 0.1) is 6.92 Å². The van der Waals surface area contributed by atoms with Gasteiger partial charge in [-0.25, -0.2) is 9.78 Å². The van der Waals surface area contributed by atoms with Crippen LogP contribution in [0.25, 0.3) is 0 Å². The van der Waals surface area contributed by atoms with Crippen molar-refractivity contribution < 1.29 is 4.79 Å². The van der Waals surface area contributed by atoms with E-state index in [4.69, 9.17) is 0 Å². The molecular weight excluding hydrogens is 310 g/mol. The van der Waals surface area contributed by atoms with Crippen LogP contribution in [-0.2, 0) is 12.0 Å². The average Bonchev–Trinajstić information content (AvgIpc) is 3.07. The van der Waals surface area contributed by atoms with Crippen LogP contribution in [0.5, 0.6) is 0 Å². The molecule has 0 aliphatic rings. The molecule has 0 spiro atoms. The smallest absolute Gasteiger partial charge is 0.315 e. The molecule has 2 heterocycles. The summed E-state index contributed by atoms with van der Waals surface area (Å²) in [4.78, 5) is 16.2. The monoisotopic (exact) mass is 335 g/mol. The fraction of sp³-hybridized carbons (Fsp3) is 0.562. The van der Waals surface area contributed by atoms with Crippen molar-refractivity contribution in [2.24, 2.45) is 0 Å². The van der Waals surface area contributed by atoms with Gasteiger partial charge in [0.1, 0.15) is 0 Å². The van der Waals surface area contributed by atoms with E-state index in [1.165, 1.54) is 0 Å². The van der Waals surface area contributed by atoms with Crippen LogP contribution in [-0.4, -0.2) is 27.3 Å². The molecule has 2 rings (SSSR count). The summed E-state index contributed by atoms with van der Waals surface area (Å²) in [6.45, 7) is 10.8. The van der Waals surface area contributed by atoms with Gasteiger partial charge in [0.15, 0.2) is 0 Å². The molecule has 0 fully saturated rings. The number of carbonyl (C=O) groups is 1. The number of thiazole rings is 1. The largest absolute Gasteiger partial charge is 0.338 e. The molecule has 0 aliphatic carbocycles. The summed E-state index contributed by atoms with van der Waals surface area (Å²) in [6.07, 6.45) is 2.75. The van der Waals surface area contributed by atoms with Crippen LogP contribution >= 0.6 is 11.3 Å². The van der Waals surface area contributed by atoms with Crippen LogP contribution in [0.4, 0.5) is 4.79 Å². The molecular formula is C16H25N5OS. The van der Waals surface area contributed by atoms with Gasteiger partial charge in [-0.3, -0.25) is 4.68 Å². The lowest BCUT2D eigenvalue weighted by Gasteiger charge is -2.19. The number of amides is 2. The molecule has 0 saturated carbocycles. The van der Waals surface area contributed by atoms with E-state index < -0.39 is 0 Å². The summed E-state index contributed by atoms with van der Waals surface area (Å²) in [5.41, 5.74) is 4.71. The third-order valence-electron chi connectivity index (χ3n) is 3.59. The summed E-state index contributed by atoms with van der Waals surface area (Å²) >= 11 is 1.56. The molecule has 1 atom stereocenters. The molecule has 0 radical (unpaired) electrons. The third-order valence-corrected chi connectivity index (χ3v) is 4.22. The zero-order valence-corrected chi connectivity index (χ0v) is 15.2. The highest BCUT2D eigenvalue weighted by atomic mass is 32.1. The predicted octanol–water partition coefficient (Wildman–Crippen LogP) is 3.01. The molecule has 2 aromatic heterocycles. The maximum atomic E-state index is 12.0. The molecule has 0 bridgehead atoms. The summed E-state index contributed by atoms with van der Waals surface area (Å²) in [7, 11) is 0. The van der Waals surface area contributed by atoms with Gasteiger partial charge in [-0.15, -0.1) is 11.3 Å². The standard InChI is InChI=1S/C16H25N5OS/c1-11(14-8-21(16(3,4)5)20-12(14)2)19-15(22)17-7-6-13-9-23-10-18-13/h8-11H,6-7H2,1-5H3,(H2,17,19,22)/t11-/m0/s1. The second-order valence-corrected chi connectivity index (χ2v) is 7.36. The van der Waals surface area contributed by atoms with E-state index in [9.17, 15) is 4.79 Å². The highest BCUT2D eigenvalue weighted by molar-refractivity contribution is 7.07. The van der Waals surface area contributed by atoms with Crippen LogP contribution in [0.1, 0.15) is 50.7 Å². The Bertz CT molecular complexity index is 642. The number of hydrogen-bond donors (Lipinski definition) is 2. The summed E-state index contributed by atoms with van der Waals surface area (Å²) in [6, 6.07) is -0.263. The number of carbonyl (C=O) groups excluding carboxylic acids is 1. The Kier molecular flexibility index (Phi) is 5.41. The van der Waals surface area contributed by atoms with E-state index in [-0.39, 0.29) is 17.6 Å². The molecule has 2 amide bonds. The number of hydrogen-bond acceptors (Lipinski definition) is 4. The zero-order chi connectivity index (χ0) is 17.0. The van der Waals surface area contributed by atoms with Crippen LogP contribution in [0.3, 0.4) is 0 Å². The first kappa shape index (κ1) is 17.5. The number of aryl methyl sites for hydroxylation is 1. The van der Waals surface area contributed by atoms with Crippen molar-refractivity contribution in [1.29, 1.82) is 0 Å². The van der Waals surface area contributed by atoms with Crippen molar-refractivity contribution in [2.45, 2.75) is 52.6 Å². The molecule has 2 aromatic rings. The molecule has 2 N–H and O–H groups in total. The molecule has 23 heavy (non-hydrogen) atoms. The van der Waals surface area contributed by atoms with Crippen molar-refractivity contribution in [1.82, 2.24) is 25.4 Å². The number of nitrogens with zero attached hydrogens (tertiary/aromatic N) is 3. The van der Waals surface area contributed by atoms with Crippen LogP contribution < -0.4 is 10.6 Å². The maximum absolute atomic E-state index is 12.0. The van der Waals surface area contributed by atoms with E-state index in [1.54, 1.807) is 16.8 Å². The minimum Gasteiger partial charge on any atom is -0.338 e. The van der Waals surface area contributed by atoms with E-state index >= 15 is 0 Å². The number of aromatic nitrogens is 3. The number of rotatable bonds is 5. The van der Waals surface area contributed by atoms with Gasteiger partial charge in [-0.1, -0.05) is 0 Å². The maximum Gasteiger partial charge on any atom is 0.315 e. The Balaban J connectivity index is 1.87. The quantitative estimate of drug-likeness (QED) is 0.882. The van der Waals surface area contributed by atoms with E-state index in [0.29, 0.717) is 6.54 Å². The molecule has 0 saturated heterocycles. The van der Waals surface area contributed by atoms with Gasteiger partial charge in [0, 0.05) is 30.1 Å². The summed E-state index contributed by atoms with van der Waals surface area (Å²) in [5, 5.41) is 12.4. The van der Waals surface area contributed by atoms with Gasteiger partial charge in [-0.2, -0.15) is 5.10 Å². The van der Waals surface area contributed by atoms with E-state index in [1.807, 2.05) is 30.1 Å². The Morgan fingerprint density at radius 2 is 2.17 bits per heavy atom.